The van der Waals surface area contributed by atoms with E-state index in [9.17, 15) is 17.6 Å². The largest absolute Gasteiger partial charge is 0.496 e. The second kappa shape index (κ2) is 6.12. The van der Waals surface area contributed by atoms with Gasteiger partial charge in [0.05, 0.1) is 17.6 Å². The minimum absolute atomic E-state index is 0.0294. The highest BCUT2D eigenvalue weighted by atomic mass is 32.2. The number of anilines is 1. The van der Waals surface area contributed by atoms with Crippen molar-refractivity contribution in [1.82, 2.24) is 0 Å². The molecule has 0 aromatic heterocycles. The molecule has 2 rings (SSSR count). The fourth-order valence-corrected chi connectivity index (χ4v) is 2.35. The summed E-state index contributed by atoms with van der Waals surface area (Å²) < 4.78 is 40.9. The lowest BCUT2D eigenvalue weighted by Crippen LogP contribution is -2.16. The lowest BCUT2D eigenvalue weighted by Gasteiger charge is -2.10. The fraction of sp³-hybridized carbons (Fsp3) is 0.0714. The molecule has 0 bridgehead atoms. The predicted molar refractivity (Wildman–Crippen MR) is 78.7 cm³/mol. The van der Waals surface area contributed by atoms with Crippen LogP contribution in [0.25, 0.3) is 0 Å². The molecule has 1 amide bonds. The molecule has 2 aromatic carbocycles. The molecule has 0 heterocycles. The number of rotatable bonds is 4. The van der Waals surface area contributed by atoms with Gasteiger partial charge in [0.15, 0.2) is 0 Å². The Morgan fingerprint density at radius 1 is 1.23 bits per heavy atom. The van der Waals surface area contributed by atoms with E-state index in [0.29, 0.717) is 0 Å². The topological polar surface area (TPSA) is 98.5 Å². The van der Waals surface area contributed by atoms with E-state index in [-0.39, 0.29) is 21.9 Å². The van der Waals surface area contributed by atoms with E-state index in [1.54, 1.807) is 0 Å². The van der Waals surface area contributed by atoms with E-state index in [2.05, 4.69) is 5.32 Å². The summed E-state index contributed by atoms with van der Waals surface area (Å²) >= 11 is 0. The average molecular weight is 324 g/mol. The molecule has 0 aliphatic heterocycles. The van der Waals surface area contributed by atoms with E-state index in [1.165, 1.54) is 37.4 Å². The molecular formula is C14H13FN2O4S. The average Bonchev–Trinajstić information content (AvgIpc) is 2.45. The van der Waals surface area contributed by atoms with Gasteiger partial charge in [0.1, 0.15) is 11.6 Å². The van der Waals surface area contributed by atoms with Crippen LogP contribution >= 0.6 is 0 Å². The highest BCUT2D eigenvalue weighted by Crippen LogP contribution is 2.23. The zero-order valence-electron chi connectivity index (χ0n) is 11.5. The van der Waals surface area contributed by atoms with Crippen LogP contribution < -0.4 is 15.2 Å². The number of amides is 1. The molecule has 8 heteroatoms. The smallest absolute Gasteiger partial charge is 0.259 e. The zero-order chi connectivity index (χ0) is 16.3. The quantitative estimate of drug-likeness (QED) is 0.895. The first kappa shape index (κ1) is 15.9. The minimum Gasteiger partial charge on any atom is -0.496 e. The van der Waals surface area contributed by atoms with Gasteiger partial charge in [-0.05, 0) is 36.4 Å². The Morgan fingerprint density at radius 2 is 1.95 bits per heavy atom. The number of carbonyl (C=O) groups excluding carboxylic acids is 1. The van der Waals surface area contributed by atoms with E-state index in [1.807, 2.05) is 0 Å². The third-order valence-corrected chi connectivity index (χ3v) is 3.74. The Hall–Kier alpha value is -2.45. The number of nitrogens with one attached hydrogen (secondary N) is 1. The van der Waals surface area contributed by atoms with E-state index in [4.69, 9.17) is 9.88 Å². The van der Waals surface area contributed by atoms with Gasteiger partial charge in [-0.2, -0.15) is 0 Å². The second-order valence-electron chi connectivity index (χ2n) is 4.37. The first-order valence-corrected chi connectivity index (χ1v) is 7.63. The number of benzene rings is 2. The summed E-state index contributed by atoms with van der Waals surface area (Å²) in [7, 11) is -2.62. The monoisotopic (exact) mass is 324 g/mol. The normalized spacial score (nSPS) is 11.0. The van der Waals surface area contributed by atoms with Crippen LogP contribution in [0.2, 0.25) is 0 Å². The van der Waals surface area contributed by atoms with Crippen molar-refractivity contribution in [1.29, 1.82) is 0 Å². The summed E-state index contributed by atoms with van der Waals surface area (Å²) in [5.41, 5.74) is 0.200. The van der Waals surface area contributed by atoms with Crippen LogP contribution in [0, 0.1) is 5.82 Å². The summed E-state index contributed by atoms with van der Waals surface area (Å²) in [6.45, 7) is 0. The number of primary sulfonamides is 1. The van der Waals surface area contributed by atoms with Gasteiger partial charge in [-0.1, -0.05) is 6.07 Å². The SMILES string of the molecule is COc1ccc(S(N)(=O)=O)cc1C(=O)Nc1cccc(F)c1. The minimum atomic E-state index is -3.96. The molecule has 2 aromatic rings. The van der Waals surface area contributed by atoms with Gasteiger partial charge in [-0.25, -0.2) is 17.9 Å². The number of halogens is 1. The molecule has 0 fully saturated rings. The van der Waals surface area contributed by atoms with E-state index in [0.717, 1.165) is 12.1 Å². The maximum atomic E-state index is 13.1. The molecule has 0 unspecified atom stereocenters. The molecule has 0 saturated carbocycles. The van der Waals surface area contributed by atoms with Crippen LogP contribution in [-0.2, 0) is 10.0 Å². The molecule has 0 aliphatic carbocycles. The van der Waals surface area contributed by atoms with Gasteiger partial charge in [0.25, 0.3) is 5.91 Å². The van der Waals surface area contributed by atoms with E-state index < -0.39 is 21.7 Å². The van der Waals surface area contributed by atoms with Gasteiger partial charge in [-0.15, -0.1) is 0 Å². The lowest BCUT2D eigenvalue weighted by atomic mass is 10.2. The first-order chi connectivity index (χ1) is 10.3. The van der Waals surface area contributed by atoms with Crippen molar-refractivity contribution in [2.75, 3.05) is 12.4 Å². The third-order valence-electron chi connectivity index (χ3n) is 2.83. The third kappa shape index (κ3) is 3.60. The lowest BCUT2D eigenvalue weighted by molar-refractivity contribution is 0.102. The van der Waals surface area contributed by atoms with Gasteiger partial charge >= 0.3 is 0 Å². The second-order valence-corrected chi connectivity index (χ2v) is 5.93. The molecule has 0 radical (unpaired) electrons. The van der Waals surface area contributed by atoms with Gasteiger partial charge in [-0.3, -0.25) is 4.79 Å². The molecule has 0 atom stereocenters. The highest BCUT2D eigenvalue weighted by Gasteiger charge is 2.17. The Kier molecular flexibility index (Phi) is 4.43. The molecule has 0 spiro atoms. The zero-order valence-corrected chi connectivity index (χ0v) is 12.4. The fourth-order valence-electron chi connectivity index (χ4n) is 1.81. The molecular weight excluding hydrogens is 311 g/mol. The van der Waals surface area contributed by atoms with Crippen molar-refractivity contribution in [3.05, 3.63) is 53.8 Å². The van der Waals surface area contributed by atoms with Crippen LogP contribution in [0.4, 0.5) is 10.1 Å². The Morgan fingerprint density at radius 3 is 2.55 bits per heavy atom. The first-order valence-electron chi connectivity index (χ1n) is 6.09. The number of hydrogen-bond donors (Lipinski definition) is 2. The predicted octanol–water partition coefficient (Wildman–Crippen LogP) is 1.73. The molecule has 3 N–H and O–H groups in total. The number of sulfonamides is 1. The number of nitrogens with two attached hydrogens (primary N) is 1. The van der Waals surface area contributed by atoms with Crippen molar-refractivity contribution in [3.8, 4) is 5.75 Å². The van der Waals surface area contributed by atoms with Crippen molar-refractivity contribution in [3.63, 3.8) is 0 Å². The Labute approximate surface area is 126 Å². The number of carbonyl (C=O) groups is 1. The van der Waals surface area contributed by atoms with Gasteiger partial charge < -0.3 is 10.1 Å². The van der Waals surface area contributed by atoms with Crippen molar-refractivity contribution >= 4 is 21.6 Å². The molecule has 0 saturated heterocycles. The Balaban J connectivity index is 2.39. The van der Waals surface area contributed by atoms with Crippen LogP contribution in [0.3, 0.4) is 0 Å². The van der Waals surface area contributed by atoms with Crippen LogP contribution in [-0.4, -0.2) is 21.4 Å². The van der Waals surface area contributed by atoms with Crippen molar-refractivity contribution < 1.29 is 22.3 Å². The van der Waals surface area contributed by atoms with Crippen LogP contribution in [0.1, 0.15) is 10.4 Å². The molecule has 6 nitrogen and oxygen atoms in total. The molecule has 0 aliphatic rings. The number of methoxy groups -OCH3 is 1. The van der Waals surface area contributed by atoms with Crippen LogP contribution in [0.15, 0.2) is 47.4 Å². The van der Waals surface area contributed by atoms with Crippen molar-refractivity contribution in [2.24, 2.45) is 5.14 Å². The number of ether oxygens (including phenoxy) is 1. The molecule has 116 valence electrons. The summed E-state index contributed by atoms with van der Waals surface area (Å²) in [5, 5.41) is 7.50. The molecule has 22 heavy (non-hydrogen) atoms. The van der Waals surface area contributed by atoms with Gasteiger partial charge in [0, 0.05) is 5.69 Å². The van der Waals surface area contributed by atoms with E-state index >= 15 is 0 Å². The van der Waals surface area contributed by atoms with Crippen molar-refractivity contribution in [2.45, 2.75) is 4.90 Å². The standard InChI is InChI=1S/C14H13FN2O4S/c1-21-13-6-5-11(22(16,19)20)8-12(13)14(18)17-10-4-2-3-9(15)7-10/h2-8H,1H3,(H,17,18)(H2,16,19,20). The number of hydrogen-bond acceptors (Lipinski definition) is 4. The van der Waals surface area contributed by atoms with Crippen LogP contribution in [0.5, 0.6) is 5.75 Å². The highest BCUT2D eigenvalue weighted by molar-refractivity contribution is 7.89. The summed E-state index contributed by atoms with van der Waals surface area (Å²) in [6.07, 6.45) is 0. The summed E-state index contributed by atoms with van der Waals surface area (Å²) in [5.74, 6) is -0.989. The summed E-state index contributed by atoms with van der Waals surface area (Å²) in [6, 6.07) is 8.95. The van der Waals surface area contributed by atoms with Gasteiger partial charge in [0.2, 0.25) is 10.0 Å². The summed E-state index contributed by atoms with van der Waals surface area (Å²) in [4.78, 5) is 12.0. The maximum absolute atomic E-state index is 13.1. The maximum Gasteiger partial charge on any atom is 0.259 e. The Bertz CT molecular complexity index is 821.